The van der Waals surface area contributed by atoms with Crippen molar-refractivity contribution in [1.82, 2.24) is 0 Å². The molecule has 0 aromatic heterocycles. The van der Waals surface area contributed by atoms with Crippen molar-refractivity contribution in [2.75, 3.05) is 30.4 Å². The molecule has 3 aromatic rings. The number of methoxy groups -OCH3 is 2. The van der Waals surface area contributed by atoms with Crippen molar-refractivity contribution in [3.05, 3.63) is 77.9 Å². The summed E-state index contributed by atoms with van der Waals surface area (Å²) in [5, 5.41) is 2.76. The Hall–Kier alpha value is -3.52. The average Bonchev–Trinajstić information content (AvgIpc) is 2.78. The first-order chi connectivity index (χ1) is 15.3. The van der Waals surface area contributed by atoms with Crippen molar-refractivity contribution in [3.63, 3.8) is 0 Å². The van der Waals surface area contributed by atoms with Crippen LogP contribution in [0.4, 0.5) is 11.4 Å². The van der Waals surface area contributed by atoms with Gasteiger partial charge >= 0.3 is 0 Å². The maximum absolute atomic E-state index is 13.7. The number of aryl methyl sites for hydroxylation is 2. The molecular formula is C24H26N2O5S. The molecule has 1 N–H and O–H groups in total. The lowest BCUT2D eigenvalue weighted by molar-refractivity contribution is -0.114. The van der Waals surface area contributed by atoms with Gasteiger partial charge in [-0.15, -0.1) is 0 Å². The van der Waals surface area contributed by atoms with E-state index in [1.54, 1.807) is 61.5 Å². The number of nitrogens with zero attached hydrogens (tertiary/aromatic N) is 1. The highest BCUT2D eigenvalue weighted by molar-refractivity contribution is 7.93. The summed E-state index contributed by atoms with van der Waals surface area (Å²) in [5.41, 5.74) is 2.52. The number of benzene rings is 3. The van der Waals surface area contributed by atoms with Gasteiger partial charge in [-0.2, -0.15) is 0 Å². The SMILES string of the molecule is COc1ccc(C)cc1NC(=O)CN(c1ccccc1)S(=O)(=O)c1cc(C)ccc1OC. The average molecular weight is 455 g/mol. The predicted molar refractivity (Wildman–Crippen MR) is 125 cm³/mol. The fourth-order valence-corrected chi connectivity index (χ4v) is 4.92. The Balaban J connectivity index is 2.01. The third kappa shape index (κ3) is 5.03. The van der Waals surface area contributed by atoms with E-state index in [9.17, 15) is 13.2 Å². The van der Waals surface area contributed by atoms with E-state index in [-0.39, 0.29) is 10.6 Å². The van der Waals surface area contributed by atoms with Crippen LogP contribution in [0.1, 0.15) is 11.1 Å². The maximum Gasteiger partial charge on any atom is 0.268 e. The normalized spacial score (nSPS) is 11.0. The number of amides is 1. The number of hydrogen-bond acceptors (Lipinski definition) is 5. The molecule has 0 saturated heterocycles. The Morgan fingerprint density at radius 3 is 2.09 bits per heavy atom. The van der Waals surface area contributed by atoms with Gasteiger partial charge in [0.2, 0.25) is 5.91 Å². The molecule has 3 rings (SSSR count). The first-order valence-corrected chi connectivity index (χ1v) is 11.4. The summed E-state index contributed by atoms with van der Waals surface area (Å²) in [6, 6.07) is 18.8. The van der Waals surface area contributed by atoms with Gasteiger partial charge in [-0.1, -0.05) is 30.3 Å². The number of hydrogen-bond donors (Lipinski definition) is 1. The second-order valence-corrected chi connectivity index (χ2v) is 9.08. The summed E-state index contributed by atoms with van der Waals surface area (Å²) >= 11 is 0. The van der Waals surface area contributed by atoms with Gasteiger partial charge in [0.25, 0.3) is 10.0 Å². The largest absolute Gasteiger partial charge is 0.495 e. The van der Waals surface area contributed by atoms with Crippen molar-refractivity contribution in [3.8, 4) is 11.5 Å². The van der Waals surface area contributed by atoms with Gasteiger partial charge in [0, 0.05) is 0 Å². The monoisotopic (exact) mass is 454 g/mol. The minimum atomic E-state index is -4.11. The van der Waals surface area contributed by atoms with E-state index in [4.69, 9.17) is 9.47 Å². The van der Waals surface area contributed by atoms with Crippen LogP contribution in [0.15, 0.2) is 71.6 Å². The minimum absolute atomic E-state index is 0.00945. The van der Waals surface area contributed by atoms with Crippen molar-refractivity contribution in [2.24, 2.45) is 0 Å². The van der Waals surface area contributed by atoms with Crippen molar-refractivity contribution >= 4 is 27.3 Å². The van der Waals surface area contributed by atoms with Crippen LogP contribution < -0.4 is 19.1 Å². The first-order valence-electron chi connectivity index (χ1n) is 9.93. The zero-order valence-electron chi connectivity index (χ0n) is 18.5. The highest BCUT2D eigenvalue weighted by atomic mass is 32.2. The summed E-state index contributed by atoms with van der Waals surface area (Å²) in [4.78, 5) is 13.0. The molecule has 0 radical (unpaired) electrons. The highest BCUT2D eigenvalue weighted by Crippen LogP contribution is 2.31. The summed E-state index contributed by atoms with van der Waals surface area (Å²) in [5.74, 6) is 0.184. The summed E-state index contributed by atoms with van der Waals surface area (Å²) in [6.45, 7) is 3.25. The molecule has 0 heterocycles. The van der Waals surface area contributed by atoms with Crippen molar-refractivity contribution in [1.29, 1.82) is 0 Å². The van der Waals surface area contributed by atoms with E-state index in [0.29, 0.717) is 17.1 Å². The number of nitrogens with one attached hydrogen (secondary N) is 1. The number of anilines is 2. The van der Waals surface area contributed by atoms with Gasteiger partial charge in [-0.3, -0.25) is 9.10 Å². The quantitative estimate of drug-likeness (QED) is 0.553. The minimum Gasteiger partial charge on any atom is -0.495 e. The molecule has 8 heteroatoms. The molecule has 32 heavy (non-hydrogen) atoms. The van der Waals surface area contributed by atoms with E-state index < -0.39 is 22.5 Å². The number of rotatable bonds is 8. The third-order valence-corrected chi connectivity index (χ3v) is 6.64. The van der Waals surface area contributed by atoms with Crippen LogP contribution in [-0.4, -0.2) is 35.1 Å². The van der Waals surface area contributed by atoms with E-state index in [1.807, 2.05) is 13.0 Å². The summed E-state index contributed by atoms with van der Waals surface area (Å²) in [6.07, 6.45) is 0. The van der Waals surface area contributed by atoms with Crippen LogP contribution in [0.5, 0.6) is 11.5 Å². The molecule has 0 saturated carbocycles. The van der Waals surface area contributed by atoms with Crippen molar-refractivity contribution in [2.45, 2.75) is 18.7 Å². The molecule has 0 aliphatic rings. The Kier molecular flexibility index (Phi) is 7.05. The molecule has 0 bridgehead atoms. The van der Waals surface area contributed by atoms with Gasteiger partial charge in [0.1, 0.15) is 22.9 Å². The topological polar surface area (TPSA) is 84.9 Å². The lowest BCUT2D eigenvalue weighted by Gasteiger charge is -2.25. The fourth-order valence-electron chi connectivity index (χ4n) is 3.25. The standard InChI is InChI=1S/C24H26N2O5S/c1-17-10-12-21(30-3)20(14-17)25-24(27)16-26(19-8-6-5-7-9-19)32(28,29)23-15-18(2)11-13-22(23)31-4/h5-15H,16H2,1-4H3,(H,25,27). The van der Waals surface area contributed by atoms with Crippen LogP contribution in [0.25, 0.3) is 0 Å². The molecule has 0 spiro atoms. The van der Waals surface area contributed by atoms with Crippen LogP contribution in [0, 0.1) is 13.8 Å². The number of carbonyl (C=O) groups excluding carboxylic acids is 1. The number of sulfonamides is 1. The van der Waals surface area contributed by atoms with Crippen LogP contribution in [0.3, 0.4) is 0 Å². The maximum atomic E-state index is 13.7. The fraction of sp³-hybridized carbons (Fsp3) is 0.208. The number of carbonyl (C=O) groups is 1. The lowest BCUT2D eigenvalue weighted by atomic mass is 10.2. The summed E-state index contributed by atoms with van der Waals surface area (Å²) < 4.78 is 39.0. The van der Waals surface area contributed by atoms with E-state index in [0.717, 1.165) is 15.4 Å². The third-order valence-electron chi connectivity index (χ3n) is 4.85. The van der Waals surface area contributed by atoms with E-state index in [1.165, 1.54) is 20.3 Å². The second-order valence-electron chi connectivity index (χ2n) is 7.25. The van der Waals surface area contributed by atoms with E-state index >= 15 is 0 Å². The molecule has 168 valence electrons. The van der Waals surface area contributed by atoms with E-state index in [2.05, 4.69) is 5.32 Å². The van der Waals surface area contributed by atoms with Crippen LogP contribution >= 0.6 is 0 Å². The number of ether oxygens (including phenoxy) is 2. The Morgan fingerprint density at radius 1 is 0.875 bits per heavy atom. The molecule has 0 fully saturated rings. The summed E-state index contributed by atoms with van der Waals surface area (Å²) in [7, 11) is -1.20. The molecular weight excluding hydrogens is 428 g/mol. The number of para-hydroxylation sites is 1. The van der Waals surface area contributed by atoms with Gasteiger partial charge in [0.05, 0.1) is 25.6 Å². The molecule has 1 amide bonds. The van der Waals surface area contributed by atoms with Gasteiger partial charge in [0.15, 0.2) is 0 Å². The molecule has 0 atom stereocenters. The Labute approximate surface area is 188 Å². The zero-order chi connectivity index (χ0) is 23.3. The molecule has 0 aliphatic heterocycles. The zero-order valence-corrected chi connectivity index (χ0v) is 19.3. The molecule has 0 aliphatic carbocycles. The van der Waals surface area contributed by atoms with Crippen molar-refractivity contribution < 1.29 is 22.7 Å². The van der Waals surface area contributed by atoms with Gasteiger partial charge in [-0.05, 0) is 61.4 Å². The van der Waals surface area contributed by atoms with Gasteiger partial charge in [-0.25, -0.2) is 8.42 Å². The lowest BCUT2D eigenvalue weighted by Crippen LogP contribution is -2.38. The smallest absolute Gasteiger partial charge is 0.268 e. The molecule has 0 unspecified atom stereocenters. The molecule has 7 nitrogen and oxygen atoms in total. The van der Waals surface area contributed by atoms with Gasteiger partial charge < -0.3 is 14.8 Å². The second kappa shape index (κ2) is 9.74. The molecule has 3 aromatic carbocycles. The Bertz CT molecular complexity index is 1210. The highest BCUT2D eigenvalue weighted by Gasteiger charge is 2.30. The predicted octanol–water partition coefficient (Wildman–Crippen LogP) is 4.15. The van der Waals surface area contributed by atoms with Crippen LogP contribution in [-0.2, 0) is 14.8 Å². The van der Waals surface area contributed by atoms with Crippen LogP contribution in [0.2, 0.25) is 0 Å². The first kappa shape index (κ1) is 23.1. The Morgan fingerprint density at radius 2 is 1.47 bits per heavy atom.